The lowest BCUT2D eigenvalue weighted by molar-refractivity contribution is -0.118. The van der Waals surface area contributed by atoms with Crippen LogP contribution in [0.1, 0.15) is 19.4 Å². The van der Waals surface area contributed by atoms with Gasteiger partial charge in [0.1, 0.15) is 0 Å². The van der Waals surface area contributed by atoms with Gasteiger partial charge in [-0.1, -0.05) is 36.4 Å². The molecule has 4 rings (SSSR count). The van der Waals surface area contributed by atoms with Crippen molar-refractivity contribution in [2.75, 3.05) is 15.5 Å². The minimum absolute atomic E-state index is 0.151. The maximum atomic E-state index is 13.2. The molecule has 0 fully saturated rings. The number of carbonyl (C=O) groups excluding carboxylic acids is 1. The Morgan fingerprint density at radius 3 is 2.29 bits per heavy atom. The van der Waals surface area contributed by atoms with Gasteiger partial charge in [0.15, 0.2) is 5.11 Å². The molecule has 0 radical (unpaired) electrons. The molecule has 1 aliphatic heterocycles. The summed E-state index contributed by atoms with van der Waals surface area (Å²) in [5.41, 5.74) is 4.14. The van der Waals surface area contributed by atoms with E-state index < -0.39 is 0 Å². The van der Waals surface area contributed by atoms with Crippen LogP contribution in [-0.2, 0) is 11.2 Å². The highest BCUT2D eigenvalue weighted by molar-refractivity contribution is 8.00. The Labute approximate surface area is 193 Å². The molecule has 3 aromatic rings. The topological polar surface area (TPSA) is 44.4 Å². The minimum atomic E-state index is -0.173. The zero-order chi connectivity index (χ0) is 21.8. The molecule has 4 nitrogen and oxygen atoms in total. The molecule has 0 bridgehead atoms. The zero-order valence-corrected chi connectivity index (χ0v) is 19.2. The third-order valence-corrected chi connectivity index (χ3v) is 6.55. The van der Waals surface area contributed by atoms with Crippen LogP contribution in [-0.4, -0.2) is 22.3 Å². The summed E-state index contributed by atoms with van der Waals surface area (Å²) in [4.78, 5) is 16.2. The Kier molecular flexibility index (Phi) is 6.59. The first-order chi connectivity index (χ1) is 15.0. The molecule has 0 aliphatic carbocycles. The summed E-state index contributed by atoms with van der Waals surface area (Å²) in [6, 6.07) is 26.2. The van der Waals surface area contributed by atoms with E-state index >= 15 is 0 Å². The van der Waals surface area contributed by atoms with Crippen LogP contribution >= 0.6 is 24.0 Å². The minimum Gasteiger partial charge on any atom is -0.332 e. The van der Waals surface area contributed by atoms with Gasteiger partial charge >= 0.3 is 0 Å². The molecule has 1 aliphatic rings. The number of hydrogen-bond acceptors (Lipinski definition) is 3. The predicted octanol–water partition coefficient (Wildman–Crippen LogP) is 5.95. The maximum Gasteiger partial charge on any atom is 0.240 e. The van der Waals surface area contributed by atoms with E-state index in [1.807, 2.05) is 84.6 Å². The lowest BCUT2D eigenvalue weighted by atomic mass is 10.1. The van der Waals surface area contributed by atoms with Crippen LogP contribution in [0, 0.1) is 0 Å². The second kappa shape index (κ2) is 9.54. The molecule has 31 heavy (non-hydrogen) atoms. The van der Waals surface area contributed by atoms with Gasteiger partial charge in [0.05, 0.1) is 5.25 Å². The molecule has 2 atom stereocenters. The number of benzene rings is 3. The van der Waals surface area contributed by atoms with Crippen molar-refractivity contribution < 1.29 is 4.79 Å². The van der Waals surface area contributed by atoms with Crippen molar-refractivity contribution in [1.82, 2.24) is 0 Å². The fourth-order valence-corrected chi connectivity index (χ4v) is 4.94. The van der Waals surface area contributed by atoms with E-state index in [9.17, 15) is 4.79 Å². The summed E-state index contributed by atoms with van der Waals surface area (Å²) in [7, 11) is 0. The van der Waals surface area contributed by atoms with Crippen molar-refractivity contribution in [2.45, 2.75) is 36.5 Å². The lowest BCUT2D eigenvalue weighted by Gasteiger charge is -2.26. The van der Waals surface area contributed by atoms with Gasteiger partial charge in [-0.25, -0.2) is 0 Å². The fourth-order valence-electron chi connectivity index (χ4n) is 3.78. The Balaban J connectivity index is 1.35. The van der Waals surface area contributed by atoms with Crippen LogP contribution in [0.3, 0.4) is 0 Å². The lowest BCUT2D eigenvalue weighted by Crippen LogP contribution is -2.40. The highest BCUT2D eigenvalue weighted by Crippen LogP contribution is 2.35. The van der Waals surface area contributed by atoms with Gasteiger partial charge in [0.25, 0.3) is 0 Å². The van der Waals surface area contributed by atoms with Gasteiger partial charge in [0.2, 0.25) is 5.91 Å². The molecule has 3 aromatic carbocycles. The van der Waals surface area contributed by atoms with Gasteiger partial charge in [-0.15, -0.1) is 11.8 Å². The third-order valence-electron chi connectivity index (χ3n) is 5.25. The smallest absolute Gasteiger partial charge is 0.240 e. The van der Waals surface area contributed by atoms with Crippen molar-refractivity contribution in [3.63, 3.8) is 0 Å². The number of nitrogens with zero attached hydrogens (tertiary/aromatic N) is 1. The number of thioether (sulfide) groups is 1. The van der Waals surface area contributed by atoms with Crippen molar-refractivity contribution >= 4 is 52.1 Å². The Hall–Kier alpha value is -2.83. The molecule has 0 saturated heterocycles. The van der Waals surface area contributed by atoms with Gasteiger partial charge in [-0.3, -0.25) is 4.79 Å². The van der Waals surface area contributed by atoms with E-state index in [2.05, 4.69) is 23.6 Å². The molecule has 1 heterocycles. The second-order valence-electron chi connectivity index (χ2n) is 7.62. The number of hydrogen-bond donors (Lipinski definition) is 2. The molecule has 0 spiro atoms. The van der Waals surface area contributed by atoms with Crippen LogP contribution < -0.4 is 15.5 Å². The SMILES string of the molecule is C[C@H](Sc1ccc(NC(=S)Nc2ccccc2)cc1)C(=O)N1c2ccccc2C[C@H]1C. The summed E-state index contributed by atoms with van der Waals surface area (Å²) in [5.74, 6) is 0.151. The van der Waals surface area contributed by atoms with Crippen LogP contribution in [0.5, 0.6) is 0 Å². The number of anilines is 3. The normalized spacial score (nSPS) is 15.8. The number of rotatable bonds is 5. The number of fused-ring (bicyclic) bond motifs is 1. The predicted molar refractivity (Wildman–Crippen MR) is 135 cm³/mol. The molecule has 2 N–H and O–H groups in total. The number of nitrogens with one attached hydrogen (secondary N) is 2. The van der Waals surface area contributed by atoms with Crippen molar-refractivity contribution in [1.29, 1.82) is 0 Å². The number of thiocarbonyl (C=S) groups is 1. The molecular weight excluding hydrogens is 422 g/mol. The first kappa shape index (κ1) is 21.4. The molecule has 6 heteroatoms. The number of amides is 1. The Bertz CT molecular complexity index is 1070. The van der Waals surface area contributed by atoms with Crippen LogP contribution in [0.15, 0.2) is 83.8 Å². The zero-order valence-electron chi connectivity index (χ0n) is 17.5. The van der Waals surface area contributed by atoms with E-state index in [-0.39, 0.29) is 17.2 Å². The van der Waals surface area contributed by atoms with Crippen molar-refractivity contribution in [2.24, 2.45) is 0 Å². The second-order valence-corrected chi connectivity index (χ2v) is 9.44. The first-order valence-electron chi connectivity index (χ1n) is 10.3. The fraction of sp³-hybridized carbons (Fsp3) is 0.200. The monoisotopic (exact) mass is 447 g/mol. The molecule has 1 amide bonds. The summed E-state index contributed by atoms with van der Waals surface area (Å²) < 4.78 is 0. The van der Waals surface area contributed by atoms with E-state index in [4.69, 9.17) is 12.2 Å². The average Bonchev–Trinajstić information content (AvgIpc) is 3.10. The summed E-state index contributed by atoms with van der Waals surface area (Å²) in [6.45, 7) is 4.09. The summed E-state index contributed by atoms with van der Waals surface area (Å²) in [5, 5.41) is 6.72. The Morgan fingerprint density at radius 1 is 0.968 bits per heavy atom. The van der Waals surface area contributed by atoms with Gasteiger partial charge < -0.3 is 15.5 Å². The van der Waals surface area contributed by atoms with E-state index in [0.717, 1.165) is 28.4 Å². The molecule has 0 aromatic heterocycles. The van der Waals surface area contributed by atoms with Gasteiger partial charge in [0, 0.05) is 28.0 Å². The maximum absolute atomic E-state index is 13.2. The highest BCUT2D eigenvalue weighted by Gasteiger charge is 2.33. The number of carbonyl (C=O) groups is 1. The first-order valence-corrected chi connectivity index (χ1v) is 11.6. The third kappa shape index (κ3) is 5.09. The highest BCUT2D eigenvalue weighted by atomic mass is 32.2. The van der Waals surface area contributed by atoms with Crippen LogP contribution in [0.2, 0.25) is 0 Å². The van der Waals surface area contributed by atoms with E-state index in [1.54, 1.807) is 11.8 Å². The molecular formula is C25H25N3OS2. The number of para-hydroxylation sites is 2. The Morgan fingerprint density at radius 2 is 1.58 bits per heavy atom. The molecule has 0 unspecified atom stereocenters. The van der Waals surface area contributed by atoms with Gasteiger partial charge in [-0.2, -0.15) is 0 Å². The van der Waals surface area contributed by atoms with E-state index in [0.29, 0.717) is 5.11 Å². The van der Waals surface area contributed by atoms with Crippen LogP contribution in [0.25, 0.3) is 0 Å². The quantitative estimate of drug-likeness (QED) is 0.374. The van der Waals surface area contributed by atoms with E-state index in [1.165, 1.54) is 5.56 Å². The van der Waals surface area contributed by atoms with Crippen molar-refractivity contribution in [3.05, 3.63) is 84.4 Å². The average molecular weight is 448 g/mol. The largest absolute Gasteiger partial charge is 0.332 e. The summed E-state index contributed by atoms with van der Waals surface area (Å²) in [6.07, 6.45) is 0.913. The van der Waals surface area contributed by atoms with Crippen molar-refractivity contribution in [3.8, 4) is 0 Å². The summed E-state index contributed by atoms with van der Waals surface area (Å²) >= 11 is 6.96. The van der Waals surface area contributed by atoms with Gasteiger partial charge in [-0.05, 0) is 80.5 Å². The van der Waals surface area contributed by atoms with Crippen LogP contribution in [0.4, 0.5) is 17.1 Å². The standard InChI is InChI=1S/C25H25N3OS2/c1-17-16-19-8-6-7-11-23(19)28(17)24(29)18(2)31-22-14-12-21(13-15-22)27-25(30)26-20-9-4-3-5-10-20/h3-15,17-18H,16H2,1-2H3,(H2,26,27,30)/t17-,18+/m1/s1. The molecule has 0 saturated carbocycles. The molecule has 158 valence electrons.